The standard InChI is InChI=1S/C14H17N3O3S/c1-11(18)13-4-3-12(10-15)9-14(13)16-5-7-17(8-6-16)21(2,19)20/h3-4,9H,5-8H2,1-2H3. The highest BCUT2D eigenvalue weighted by atomic mass is 32.2. The second-order valence-corrected chi connectivity index (χ2v) is 7.03. The van der Waals surface area contributed by atoms with Gasteiger partial charge in [-0.25, -0.2) is 8.42 Å². The maximum absolute atomic E-state index is 11.7. The fourth-order valence-electron chi connectivity index (χ4n) is 2.42. The number of nitrogens with zero attached hydrogens (tertiary/aromatic N) is 3. The number of Topliss-reactive ketones (excluding diaryl/α,β-unsaturated/α-hetero) is 1. The summed E-state index contributed by atoms with van der Waals surface area (Å²) in [7, 11) is -3.18. The maximum Gasteiger partial charge on any atom is 0.211 e. The van der Waals surface area contributed by atoms with Gasteiger partial charge in [0.05, 0.1) is 17.9 Å². The minimum atomic E-state index is -3.18. The van der Waals surface area contributed by atoms with Gasteiger partial charge in [0.2, 0.25) is 10.0 Å². The predicted octanol–water partition coefficient (Wildman–Crippen LogP) is 0.842. The molecule has 1 aromatic carbocycles. The summed E-state index contributed by atoms with van der Waals surface area (Å²) in [5.74, 6) is -0.0694. The first-order valence-corrected chi connectivity index (χ1v) is 8.43. The lowest BCUT2D eigenvalue weighted by molar-refractivity contribution is 0.101. The summed E-state index contributed by atoms with van der Waals surface area (Å²) in [5.41, 5.74) is 1.75. The van der Waals surface area contributed by atoms with Gasteiger partial charge in [-0.2, -0.15) is 9.57 Å². The minimum absolute atomic E-state index is 0.0694. The summed E-state index contributed by atoms with van der Waals surface area (Å²) in [4.78, 5) is 13.7. The summed E-state index contributed by atoms with van der Waals surface area (Å²) < 4.78 is 24.5. The van der Waals surface area contributed by atoms with Gasteiger partial charge in [0, 0.05) is 37.4 Å². The van der Waals surface area contributed by atoms with Crippen LogP contribution in [0.15, 0.2) is 18.2 Å². The van der Waals surface area contributed by atoms with E-state index in [-0.39, 0.29) is 5.78 Å². The van der Waals surface area contributed by atoms with E-state index in [4.69, 9.17) is 5.26 Å². The highest BCUT2D eigenvalue weighted by Crippen LogP contribution is 2.24. The number of ketones is 1. The summed E-state index contributed by atoms with van der Waals surface area (Å²) in [6.45, 7) is 3.25. The van der Waals surface area contributed by atoms with E-state index in [1.807, 2.05) is 4.90 Å². The molecule has 0 aromatic heterocycles. The molecule has 0 saturated carbocycles. The zero-order valence-corrected chi connectivity index (χ0v) is 12.9. The van der Waals surface area contributed by atoms with E-state index in [9.17, 15) is 13.2 Å². The number of piperazine rings is 1. The van der Waals surface area contributed by atoms with Crippen molar-refractivity contribution in [3.05, 3.63) is 29.3 Å². The Labute approximate surface area is 124 Å². The molecule has 6 nitrogen and oxygen atoms in total. The summed E-state index contributed by atoms with van der Waals surface area (Å²) >= 11 is 0. The molecule has 1 aromatic rings. The summed E-state index contributed by atoms with van der Waals surface area (Å²) in [6.07, 6.45) is 1.19. The molecule has 1 aliphatic rings. The molecule has 1 aliphatic heterocycles. The van der Waals surface area contributed by atoms with Crippen LogP contribution >= 0.6 is 0 Å². The van der Waals surface area contributed by atoms with Crippen molar-refractivity contribution in [3.63, 3.8) is 0 Å². The average molecular weight is 307 g/mol. The normalized spacial score (nSPS) is 16.5. The van der Waals surface area contributed by atoms with Crippen molar-refractivity contribution in [2.24, 2.45) is 0 Å². The summed E-state index contributed by atoms with van der Waals surface area (Å²) in [6, 6.07) is 7.02. The van der Waals surface area contributed by atoms with Gasteiger partial charge < -0.3 is 4.90 Å². The topological polar surface area (TPSA) is 81.5 Å². The van der Waals surface area contributed by atoms with Crippen LogP contribution in [0.3, 0.4) is 0 Å². The molecular weight excluding hydrogens is 290 g/mol. The Morgan fingerprint density at radius 3 is 2.33 bits per heavy atom. The van der Waals surface area contributed by atoms with Crippen molar-refractivity contribution in [2.45, 2.75) is 6.92 Å². The van der Waals surface area contributed by atoms with Gasteiger partial charge >= 0.3 is 0 Å². The van der Waals surface area contributed by atoms with Crippen LogP contribution in [0.25, 0.3) is 0 Å². The van der Waals surface area contributed by atoms with E-state index in [0.29, 0.717) is 43.0 Å². The lowest BCUT2D eigenvalue weighted by Crippen LogP contribution is -2.48. The molecule has 2 rings (SSSR count). The van der Waals surface area contributed by atoms with Gasteiger partial charge in [0.15, 0.2) is 5.78 Å². The van der Waals surface area contributed by atoms with Crippen LogP contribution in [0.5, 0.6) is 0 Å². The van der Waals surface area contributed by atoms with Crippen molar-refractivity contribution in [1.29, 1.82) is 5.26 Å². The third-order valence-corrected chi connectivity index (χ3v) is 4.86. The minimum Gasteiger partial charge on any atom is -0.368 e. The number of hydrogen-bond donors (Lipinski definition) is 0. The molecule has 21 heavy (non-hydrogen) atoms. The Kier molecular flexibility index (Phi) is 4.30. The SMILES string of the molecule is CC(=O)c1ccc(C#N)cc1N1CCN(S(C)(=O)=O)CC1. The molecule has 0 amide bonds. The second-order valence-electron chi connectivity index (χ2n) is 5.05. The number of rotatable bonds is 3. The predicted molar refractivity (Wildman–Crippen MR) is 79.8 cm³/mol. The molecule has 1 fully saturated rings. The monoisotopic (exact) mass is 307 g/mol. The number of carbonyl (C=O) groups is 1. The molecule has 0 N–H and O–H groups in total. The number of anilines is 1. The van der Waals surface area contributed by atoms with Crippen molar-refractivity contribution in [2.75, 3.05) is 37.3 Å². The van der Waals surface area contributed by atoms with Crippen molar-refractivity contribution in [3.8, 4) is 6.07 Å². The number of hydrogen-bond acceptors (Lipinski definition) is 5. The number of carbonyl (C=O) groups excluding carboxylic acids is 1. The van der Waals surface area contributed by atoms with Crippen LogP contribution < -0.4 is 4.90 Å². The lowest BCUT2D eigenvalue weighted by atomic mass is 10.0. The van der Waals surface area contributed by atoms with Crippen molar-refractivity contribution < 1.29 is 13.2 Å². The van der Waals surface area contributed by atoms with Crippen LogP contribution in [0.4, 0.5) is 5.69 Å². The van der Waals surface area contributed by atoms with Crippen molar-refractivity contribution in [1.82, 2.24) is 4.31 Å². The fourth-order valence-corrected chi connectivity index (χ4v) is 3.25. The Morgan fingerprint density at radius 1 is 1.24 bits per heavy atom. The zero-order valence-electron chi connectivity index (χ0n) is 12.0. The number of nitriles is 1. The second kappa shape index (κ2) is 5.84. The Morgan fingerprint density at radius 2 is 1.86 bits per heavy atom. The quantitative estimate of drug-likeness (QED) is 0.773. The third-order valence-electron chi connectivity index (χ3n) is 3.55. The van der Waals surface area contributed by atoms with Gasteiger partial charge in [-0.15, -0.1) is 0 Å². The molecule has 112 valence electrons. The molecule has 0 atom stereocenters. The van der Waals surface area contributed by atoms with E-state index in [1.165, 1.54) is 17.5 Å². The van der Waals surface area contributed by atoms with E-state index in [0.717, 1.165) is 0 Å². The van der Waals surface area contributed by atoms with Crippen LogP contribution in [0.2, 0.25) is 0 Å². The average Bonchev–Trinajstić information content (AvgIpc) is 2.45. The molecule has 1 heterocycles. The van der Waals surface area contributed by atoms with Gasteiger partial charge in [-0.05, 0) is 25.1 Å². The van der Waals surface area contributed by atoms with Crippen LogP contribution in [0, 0.1) is 11.3 Å². The van der Waals surface area contributed by atoms with Gasteiger partial charge in [0.25, 0.3) is 0 Å². The molecule has 0 unspecified atom stereocenters. The molecule has 0 bridgehead atoms. The Hall–Kier alpha value is -1.91. The number of sulfonamides is 1. The van der Waals surface area contributed by atoms with E-state index in [2.05, 4.69) is 6.07 Å². The Bertz CT molecular complexity index is 699. The first kappa shape index (κ1) is 15.5. The maximum atomic E-state index is 11.7. The highest BCUT2D eigenvalue weighted by molar-refractivity contribution is 7.88. The van der Waals surface area contributed by atoms with Gasteiger partial charge in [-0.3, -0.25) is 4.79 Å². The van der Waals surface area contributed by atoms with E-state index >= 15 is 0 Å². The first-order valence-electron chi connectivity index (χ1n) is 6.58. The smallest absolute Gasteiger partial charge is 0.211 e. The van der Waals surface area contributed by atoms with Crippen LogP contribution in [0.1, 0.15) is 22.8 Å². The molecule has 1 saturated heterocycles. The molecule has 7 heteroatoms. The highest BCUT2D eigenvalue weighted by Gasteiger charge is 2.25. The van der Waals surface area contributed by atoms with E-state index < -0.39 is 10.0 Å². The van der Waals surface area contributed by atoms with Gasteiger partial charge in [0.1, 0.15) is 0 Å². The van der Waals surface area contributed by atoms with Crippen molar-refractivity contribution >= 4 is 21.5 Å². The molecule has 0 spiro atoms. The first-order chi connectivity index (χ1) is 9.82. The fraction of sp³-hybridized carbons (Fsp3) is 0.429. The van der Waals surface area contributed by atoms with Gasteiger partial charge in [-0.1, -0.05) is 0 Å². The Balaban J connectivity index is 2.27. The third kappa shape index (κ3) is 3.40. The largest absolute Gasteiger partial charge is 0.368 e. The number of benzene rings is 1. The lowest BCUT2D eigenvalue weighted by Gasteiger charge is -2.35. The molecule has 0 radical (unpaired) electrons. The van der Waals surface area contributed by atoms with E-state index in [1.54, 1.807) is 18.2 Å². The molecule has 0 aliphatic carbocycles. The zero-order chi connectivity index (χ0) is 15.6. The molecular formula is C14H17N3O3S. The van der Waals surface area contributed by atoms with Crippen LogP contribution in [-0.4, -0.2) is 50.9 Å². The summed E-state index contributed by atoms with van der Waals surface area (Å²) in [5, 5.41) is 9.00. The van der Waals surface area contributed by atoms with Crippen LogP contribution in [-0.2, 0) is 10.0 Å².